The van der Waals surface area contributed by atoms with Gasteiger partial charge in [0.2, 0.25) is 11.8 Å². The van der Waals surface area contributed by atoms with Crippen molar-refractivity contribution in [3.63, 3.8) is 0 Å². The fraction of sp³-hybridized carbons (Fsp3) is 0.710. The molecule has 0 saturated carbocycles. The minimum absolute atomic E-state index is 0.0297. The molecule has 0 heterocycles. The van der Waals surface area contributed by atoms with Crippen LogP contribution in [0.2, 0.25) is 0 Å². The third-order valence-corrected chi connectivity index (χ3v) is 4.82. The highest BCUT2D eigenvalue weighted by Crippen LogP contribution is 2.24. The molecule has 256 valence electrons. The summed E-state index contributed by atoms with van der Waals surface area (Å²) in [6.07, 6.45) is -6.61. The number of esters is 1. The van der Waals surface area contributed by atoms with Crippen LogP contribution in [0.15, 0.2) is 12.2 Å². The monoisotopic (exact) mass is 642 g/mol. The number of nitrogens with zero attached hydrogens (tertiary/aromatic N) is 2. The molecule has 14 heteroatoms. The summed E-state index contributed by atoms with van der Waals surface area (Å²) in [4.78, 5) is 91.9. The Morgan fingerprint density at radius 2 is 0.933 bits per heavy atom. The van der Waals surface area contributed by atoms with Gasteiger partial charge in [0.25, 0.3) is 0 Å². The highest BCUT2D eigenvalue weighted by atomic mass is 16.6. The van der Waals surface area contributed by atoms with Crippen molar-refractivity contribution in [2.75, 3.05) is 6.61 Å². The normalized spacial score (nSPS) is 12.6. The second-order valence-corrected chi connectivity index (χ2v) is 14.3. The summed E-state index contributed by atoms with van der Waals surface area (Å²) < 4.78 is 26.1. The molecule has 0 aliphatic heterocycles. The van der Waals surface area contributed by atoms with Crippen LogP contribution in [0.4, 0.5) is 19.2 Å². The number of imide groups is 6. The number of rotatable bonds is 8. The SMILES string of the molecule is C=C(C)C(=O)OCCCC(CC(=O)N(C(=O)OC(C)(C)C)C(=O)OC(C)(C)C)C(=O)N(C(=O)OC(C)(C)C)C(=O)OC(C)(C)C. The van der Waals surface area contributed by atoms with Gasteiger partial charge in [-0.25, -0.2) is 24.0 Å². The molecule has 0 aromatic carbocycles. The van der Waals surface area contributed by atoms with E-state index in [0.29, 0.717) is 0 Å². The fourth-order valence-electron chi connectivity index (χ4n) is 3.18. The smallest absolute Gasteiger partial charge is 0.426 e. The van der Waals surface area contributed by atoms with Crippen LogP contribution in [0, 0.1) is 5.92 Å². The van der Waals surface area contributed by atoms with Crippen molar-refractivity contribution in [3.05, 3.63) is 12.2 Å². The van der Waals surface area contributed by atoms with Crippen molar-refractivity contribution >= 4 is 42.2 Å². The van der Waals surface area contributed by atoms with Crippen LogP contribution in [-0.2, 0) is 38.1 Å². The van der Waals surface area contributed by atoms with E-state index in [-0.39, 0.29) is 34.8 Å². The Morgan fingerprint density at radius 3 is 1.24 bits per heavy atom. The predicted octanol–water partition coefficient (Wildman–Crippen LogP) is 6.29. The summed E-state index contributed by atoms with van der Waals surface area (Å²) in [5, 5.41) is 0. The molecule has 1 atom stereocenters. The second-order valence-electron chi connectivity index (χ2n) is 14.3. The van der Waals surface area contributed by atoms with E-state index in [2.05, 4.69) is 6.58 Å². The molecule has 14 nitrogen and oxygen atoms in total. The maximum atomic E-state index is 13.9. The Bertz CT molecular complexity index is 1090. The minimum Gasteiger partial charge on any atom is -0.462 e. The van der Waals surface area contributed by atoms with Gasteiger partial charge in [0, 0.05) is 17.9 Å². The lowest BCUT2D eigenvalue weighted by Gasteiger charge is -2.30. The third-order valence-electron chi connectivity index (χ3n) is 4.82. The molecule has 0 radical (unpaired) electrons. The molecule has 1 unspecified atom stereocenters. The summed E-state index contributed by atoms with van der Waals surface area (Å²) in [5.41, 5.74) is -4.38. The van der Waals surface area contributed by atoms with Gasteiger partial charge >= 0.3 is 30.3 Å². The van der Waals surface area contributed by atoms with Crippen LogP contribution in [-0.4, -0.2) is 81.0 Å². The van der Waals surface area contributed by atoms with Crippen LogP contribution < -0.4 is 0 Å². The van der Waals surface area contributed by atoms with Gasteiger partial charge in [-0.15, -0.1) is 9.80 Å². The standard InChI is InChI=1S/C31H50N2O12/c1-19(2)23(36)41-17-15-16-20(22(35)33(26(39)44-30(9,10)11)27(40)45-31(12,13)14)18-21(34)32(24(37)42-28(3,4)5)25(38)43-29(6,7)8/h20H,1,15-18H2,2-14H3. The molecular formula is C31H50N2O12. The molecule has 0 bridgehead atoms. The fourth-order valence-corrected chi connectivity index (χ4v) is 3.18. The van der Waals surface area contributed by atoms with Gasteiger partial charge in [-0.1, -0.05) is 6.58 Å². The lowest BCUT2D eigenvalue weighted by Crippen LogP contribution is -2.51. The summed E-state index contributed by atoms with van der Waals surface area (Å²) in [6, 6.07) is 0. The van der Waals surface area contributed by atoms with E-state index in [1.54, 1.807) is 0 Å². The summed E-state index contributed by atoms with van der Waals surface area (Å²) in [6.45, 7) is 22.9. The van der Waals surface area contributed by atoms with Gasteiger partial charge in [0.05, 0.1) is 6.61 Å². The second kappa shape index (κ2) is 15.8. The highest BCUT2D eigenvalue weighted by Gasteiger charge is 2.43. The van der Waals surface area contributed by atoms with Crippen molar-refractivity contribution in [2.45, 2.75) is 132 Å². The van der Waals surface area contributed by atoms with E-state index in [0.717, 1.165) is 0 Å². The molecule has 0 aliphatic rings. The number of amides is 6. The van der Waals surface area contributed by atoms with Gasteiger partial charge < -0.3 is 23.7 Å². The maximum Gasteiger partial charge on any atom is 0.426 e. The maximum absolute atomic E-state index is 13.9. The topological polar surface area (TPSA) is 172 Å². The van der Waals surface area contributed by atoms with Gasteiger partial charge in [0.1, 0.15) is 22.4 Å². The number of hydrogen-bond acceptors (Lipinski definition) is 12. The first-order chi connectivity index (χ1) is 20.0. The Balaban J connectivity index is 6.72. The van der Waals surface area contributed by atoms with E-state index in [4.69, 9.17) is 23.7 Å². The number of hydrogen-bond donors (Lipinski definition) is 0. The molecule has 0 aromatic heterocycles. The van der Waals surface area contributed by atoms with E-state index in [1.165, 1.54) is 90.0 Å². The largest absolute Gasteiger partial charge is 0.462 e. The Labute approximate surface area is 265 Å². The predicted molar refractivity (Wildman–Crippen MR) is 162 cm³/mol. The zero-order valence-electron chi connectivity index (χ0n) is 28.9. The van der Waals surface area contributed by atoms with Crippen LogP contribution in [0.5, 0.6) is 0 Å². The van der Waals surface area contributed by atoms with Gasteiger partial charge in [0.15, 0.2) is 0 Å². The molecule has 0 saturated heterocycles. The average Bonchev–Trinajstić information content (AvgIpc) is 2.75. The lowest BCUT2D eigenvalue weighted by atomic mass is 9.97. The molecule has 6 amide bonds. The van der Waals surface area contributed by atoms with Crippen LogP contribution in [0.25, 0.3) is 0 Å². The van der Waals surface area contributed by atoms with Crippen molar-refractivity contribution < 1.29 is 57.2 Å². The first-order valence-corrected chi connectivity index (χ1v) is 14.5. The minimum atomic E-state index is -1.52. The van der Waals surface area contributed by atoms with E-state index >= 15 is 0 Å². The Hall–Kier alpha value is -3.97. The van der Waals surface area contributed by atoms with Gasteiger partial charge in [-0.3, -0.25) is 9.59 Å². The third kappa shape index (κ3) is 16.6. The number of ether oxygens (including phenoxy) is 5. The summed E-state index contributed by atoms with van der Waals surface area (Å²) in [5.74, 6) is -4.65. The first kappa shape index (κ1) is 41.0. The molecule has 0 fully saturated rings. The highest BCUT2D eigenvalue weighted by molar-refractivity contribution is 6.10. The summed E-state index contributed by atoms with van der Waals surface area (Å²) in [7, 11) is 0. The molecule has 0 aliphatic carbocycles. The summed E-state index contributed by atoms with van der Waals surface area (Å²) >= 11 is 0. The molecule has 0 rings (SSSR count). The van der Waals surface area contributed by atoms with Crippen molar-refractivity contribution in [1.82, 2.24) is 9.80 Å². The zero-order valence-corrected chi connectivity index (χ0v) is 28.9. The molecule has 0 aromatic rings. The number of carbonyl (C=O) groups excluding carboxylic acids is 7. The Morgan fingerprint density at radius 1 is 0.600 bits per heavy atom. The first-order valence-electron chi connectivity index (χ1n) is 14.5. The van der Waals surface area contributed by atoms with E-state index in [9.17, 15) is 33.6 Å². The van der Waals surface area contributed by atoms with Crippen molar-refractivity contribution in [3.8, 4) is 0 Å². The van der Waals surface area contributed by atoms with E-state index in [1.807, 2.05) is 0 Å². The van der Waals surface area contributed by atoms with Crippen LogP contribution in [0.1, 0.15) is 109 Å². The van der Waals surface area contributed by atoms with Crippen LogP contribution >= 0.6 is 0 Å². The molecule has 0 spiro atoms. The van der Waals surface area contributed by atoms with Crippen LogP contribution in [0.3, 0.4) is 0 Å². The molecular weight excluding hydrogens is 592 g/mol. The number of carbonyl (C=O) groups is 7. The molecule has 0 N–H and O–H groups in total. The van der Waals surface area contributed by atoms with Crippen molar-refractivity contribution in [2.24, 2.45) is 5.92 Å². The van der Waals surface area contributed by atoms with E-state index < -0.39 is 76.9 Å². The molecule has 45 heavy (non-hydrogen) atoms. The Kier molecular flexibility index (Phi) is 14.5. The quantitative estimate of drug-likeness (QED) is 0.126. The lowest BCUT2D eigenvalue weighted by molar-refractivity contribution is -0.141. The zero-order chi connectivity index (χ0) is 35.7. The average molecular weight is 643 g/mol. The van der Waals surface area contributed by atoms with Gasteiger partial charge in [-0.2, -0.15) is 0 Å². The van der Waals surface area contributed by atoms with Crippen molar-refractivity contribution in [1.29, 1.82) is 0 Å². The van der Waals surface area contributed by atoms with Gasteiger partial charge in [-0.05, 0) is 103 Å².